The molecule has 0 fully saturated rings. The topological polar surface area (TPSA) is 67.2 Å². The van der Waals surface area contributed by atoms with Crippen LogP contribution in [0.1, 0.15) is 24.7 Å². The van der Waals surface area contributed by atoms with Crippen molar-refractivity contribution in [2.24, 2.45) is 0 Å². The van der Waals surface area contributed by atoms with Gasteiger partial charge in [-0.25, -0.2) is 0 Å². The number of benzene rings is 1. The molecule has 0 radical (unpaired) electrons. The maximum absolute atomic E-state index is 12.2. The number of aromatic nitrogens is 1. The van der Waals surface area contributed by atoms with Crippen LogP contribution in [0.25, 0.3) is 0 Å². The molecule has 0 bridgehead atoms. The van der Waals surface area contributed by atoms with Crippen molar-refractivity contribution in [3.8, 4) is 0 Å². The molecule has 0 aliphatic rings. The SMILES string of the molecule is CCC(Nc1cccc(C)c1)C(=O)Nc1cc(C)on1. The average Bonchev–Trinajstić information content (AvgIpc) is 2.81. The fraction of sp³-hybridized carbons (Fsp3) is 0.333. The molecule has 2 rings (SSSR count). The quantitative estimate of drug-likeness (QED) is 0.878. The van der Waals surface area contributed by atoms with Crippen molar-refractivity contribution in [3.63, 3.8) is 0 Å². The van der Waals surface area contributed by atoms with Crippen LogP contribution in [-0.2, 0) is 4.79 Å². The van der Waals surface area contributed by atoms with Gasteiger partial charge >= 0.3 is 0 Å². The van der Waals surface area contributed by atoms with Crippen molar-refractivity contribution < 1.29 is 9.32 Å². The summed E-state index contributed by atoms with van der Waals surface area (Å²) >= 11 is 0. The van der Waals surface area contributed by atoms with Gasteiger partial charge in [-0.2, -0.15) is 0 Å². The van der Waals surface area contributed by atoms with Gasteiger partial charge in [0.2, 0.25) is 5.91 Å². The highest BCUT2D eigenvalue weighted by molar-refractivity contribution is 5.95. The Morgan fingerprint density at radius 1 is 1.35 bits per heavy atom. The highest BCUT2D eigenvalue weighted by atomic mass is 16.5. The molecule has 2 aromatic rings. The van der Waals surface area contributed by atoms with Crippen LogP contribution in [0.5, 0.6) is 0 Å². The van der Waals surface area contributed by atoms with Gasteiger partial charge in [0.25, 0.3) is 0 Å². The number of anilines is 2. The predicted molar refractivity (Wildman–Crippen MR) is 78.8 cm³/mol. The highest BCUT2D eigenvalue weighted by Gasteiger charge is 2.17. The first-order valence-corrected chi connectivity index (χ1v) is 6.66. The van der Waals surface area contributed by atoms with E-state index in [1.54, 1.807) is 13.0 Å². The third-order valence-electron chi connectivity index (χ3n) is 2.96. The Morgan fingerprint density at radius 3 is 2.75 bits per heavy atom. The third kappa shape index (κ3) is 3.60. The van der Waals surface area contributed by atoms with Crippen molar-refractivity contribution in [3.05, 3.63) is 41.7 Å². The van der Waals surface area contributed by atoms with Crippen LogP contribution in [-0.4, -0.2) is 17.1 Å². The second-order valence-corrected chi connectivity index (χ2v) is 4.79. The summed E-state index contributed by atoms with van der Waals surface area (Å²) in [5.41, 5.74) is 2.08. The number of amides is 1. The number of hydrogen-bond donors (Lipinski definition) is 2. The Bertz CT molecular complexity index is 592. The summed E-state index contributed by atoms with van der Waals surface area (Å²) in [5.74, 6) is 0.985. The van der Waals surface area contributed by atoms with Crippen LogP contribution in [0.2, 0.25) is 0 Å². The lowest BCUT2D eigenvalue weighted by Gasteiger charge is -2.17. The van der Waals surface area contributed by atoms with Crippen LogP contribution in [0.15, 0.2) is 34.9 Å². The third-order valence-corrected chi connectivity index (χ3v) is 2.96. The van der Waals surface area contributed by atoms with Gasteiger partial charge in [0.05, 0.1) is 0 Å². The Kier molecular flexibility index (Phi) is 4.40. The zero-order valence-electron chi connectivity index (χ0n) is 11.9. The summed E-state index contributed by atoms with van der Waals surface area (Å²) in [7, 11) is 0. The maximum atomic E-state index is 12.2. The zero-order chi connectivity index (χ0) is 14.5. The molecule has 0 saturated heterocycles. The number of carbonyl (C=O) groups is 1. The number of nitrogens with one attached hydrogen (secondary N) is 2. The van der Waals surface area contributed by atoms with E-state index in [0.717, 1.165) is 11.3 Å². The fourth-order valence-corrected chi connectivity index (χ4v) is 1.93. The molecule has 106 valence electrons. The summed E-state index contributed by atoms with van der Waals surface area (Å²) < 4.78 is 4.93. The van der Waals surface area contributed by atoms with Crippen LogP contribution in [0.4, 0.5) is 11.5 Å². The number of nitrogens with zero attached hydrogens (tertiary/aromatic N) is 1. The summed E-state index contributed by atoms with van der Waals surface area (Å²) in [6.07, 6.45) is 0.677. The van der Waals surface area contributed by atoms with Crippen molar-refractivity contribution in [1.82, 2.24) is 5.16 Å². The summed E-state index contributed by atoms with van der Waals surface area (Å²) in [6, 6.07) is 9.32. The maximum Gasteiger partial charge on any atom is 0.248 e. The molecule has 0 saturated carbocycles. The molecular formula is C15H19N3O2. The minimum absolute atomic E-state index is 0.123. The van der Waals surface area contributed by atoms with E-state index < -0.39 is 0 Å². The minimum Gasteiger partial charge on any atom is -0.374 e. The lowest BCUT2D eigenvalue weighted by Crippen LogP contribution is -2.34. The molecule has 5 heteroatoms. The fourth-order valence-electron chi connectivity index (χ4n) is 1.93. The number of hydrogen-bond acceptors (Lipinski definition) is 4. The van der Waals surface area contributed by atoms with Crippen molar-refractivity contribution in [1.29, 1.82) is 0 Å². The Morgan fingerprint density at radius 2 is 2.15 bits per heavy atom. The second-order valence-electron chi connectivity index (χ2n) is 4.79. The smallest absolute Gasteiger partial charge is 0.248 e. The van der Waals surface area contributed by atoms with Gasteiger partial charge in [-0.05, 0) is 38.0 Å². The number of rotatable bonds is 5. The Balaban J connectivity index is 2.02. The van der Waals surface area contributed by atoms with Gasteiger partial charge in [-0.1, -0.05) is 24.2 Å². The van der Waals surface area contributed by atoms with E-state index in [1.165, 1.54) is 0 Å². The largest absolute Gasteiger partial charge is 0.374 e. The van der Waals surface area contributed by atoms with Gasteiger partial charge in [0.15, 0.2) is 5.82 Å². The Hall–Kier alpha value is -2.30. The lowest BCUT2D eigenvalue weighted by atomic mass is 10.1. The molecule has 20 heavy (non-hydrogen) atoms. The van der Waals surface area contributed by atoms with Gasteiger partial charge < -0.3 is 15.2 Å². The molecule has 2 N–H and O–H groups in total. The van der Waals surface area contributed by atoms with Crippen LogP contribution in [0.3, 0.4) is 0 Å². The molecular weight excluding hydrogens is 254 g/mol. The first-order valence-electron chi connectivity index (χ1n) is 6.66. The molecule has 1 amide bonds. The lowest BCUT2D eigenvalue weighted by molar-refractivity contribution is -0.117. The molecule has 1 atom stereocenters. The predicted octanol–water partition coefficient (Wildman–Crippen LogP) is 3.12. The van der Waals surface area contributed by atoms with E-state index in [0.29, 0.717) is 18.0 Å². The first kappa shape index (κ1) is 14.1. The van der Waals surface area contributed by atoms with Crippen LogP contribution < -0.4 is 10.6 Å². The molecule has 1 aromatic heterocycles. The summed E-state index contributed by atoms with van der Waals surface area (Å²) in [5, 5.41) is 9.73. The standard InChI is InChI=1S/C15H19N3O2/c1-4-13(16-12-7-5-6-10(2)8-12)15(19)17-14-9-11(3)20-18-14/h5-9,13,16H,4H2,1-3H3,(H,17,18,19). The Labute approximate surface area is 118 Å². The van der Waals surface area contributed by atoms with Crippen molar-refractivity contribution in [2.75, 3.05) is 10.6 Å². The van der Waals surface area contributed by atoms with Gasteiger partial charge in [0.1, 0.15) is 11.8 Å². The van der Waals surface area contributed by atoms with E-state index in [-0.39, 0.29) is 11.9 Å². The van der Waals surface area contributed by atoms with E-state index in [9.17, 15) is 4.79 Å². The van der Waals surface area contributed by atoms with Gasteiger partial charge in [0, 0.05) is 11.8 Å². The molecule has 1 heterocycles. The van der Waals surface area contributed by atoms with E-state index in [4.69, 9.17) is 4.52 Å². The van der Waals surface area contributed by atoms with Crippen LogP contribution >= 0.6 is 0 Å². The number of aryl methyl sites for hydroxylation is 2. The number of carbonyl (C=O) groups excluding carboxylic acids is 1. The molecule has 0 spiro atoms. The molecule has 1 unspecified atom stereocenters. The van der Waals surface area contributed by atoms with Gasteiger partial charge in [-0.3, -0.25) is 4.79 Å². The minimum atomic E-state index is -0.311. The average molecular weight is 273 g/mol. The van der Waals surface area contributed by atoms with Crippen LogP contribution in [0, 0.1) is 13.8 Å². The monoisotopic (exact) mass is 273 g/mol. The molecule has 5 nitrogen and oxygen atoms in total. The molecule has 1 aromatic carbocycles. The highest BCUT2D eigenvalue weighted by Crippen LogP contribution is 2.14. The zero-order valence-corrected chi connectivity index (χ0v) is 11.9. The molecule has 0 aliphatic carbocycles. The van der Waals surface area contributed by atoms with E-state index in [1.807, 2.05) is 38.1 Å². The first-order chi connectivity index (χ1) is 9.58. The van der Waals surface area contributed by atoms with E-state index in [2.05, 4.69) is 15.8 Å². The summed E-state index contributed by atoms with van der Waals surface area (Å²) in [4.78, 5) is 12.2. The molecule has 0 aliphatic heterocycles. The normalized spacial score (nSPS) is 11.9. The van der Waals surface area contributed by atoms with Gasteiger partial charge in [-0.15, -0.1) is 0 Å². The summed E-state index contributed by atoms with van der Waals surface area (Å²) in [6.45, 7) is 5.76. The second kappa shape index (κ2) is 6.23. The van der Waals surface area contributed by atoms with Crippen molar-refractivity contribution >= 4 is 17.4 Å². The van der Waals surface area contributed by atoms with E-state index >= 15 is 0 Å². The van der Waals surface area contributed by atoms with Crippen molar-refractivity contribution in [2.45, 2.75) is 33.2 Å².